The predicted octanol–water partition coefficient (Wildman–Crippen LogP) is 4.84. The van der Waals surface area contributed by atoms with Crippen molar-refractivity contribution < 1.29 is 18.7 Å². The zero-order chi connectivity index (χ0) is 23.0. The van der Waals surface area contributed by atoms with Gasteiger partial charge in [-0.2, -0.15) is 0 Å². The number of piperidine rings is 1. The summed E-state index contributed by atoms with van der Waals surface area (Å²) in [6.45, 7) is 5.30. The average molecular weight is 468 g/mol. The number of ether oxygens (including phenoxy) is 2. The van der Waals surface area contributed by atoms with Crippen molar-refractivity contribution in [2.45, 2.75) is 44.6 Å². The molecular weight excluding hydrogens is 441 g/mol. The number of fused-ring (bicyclic) bond motifs is 1. The van der Waals surface area contributed by atoms with E-state index in [-0.39, 0.29) is 29.9 Å². The van der Waals surface area contributed by atoms with Gasteiger partial charge in [0, 0.05) is 36.6 Å². The molecule has 1 atom stereocenters. The third kappa shape index (κ3) is 4.57. The number of carbonyl (C=O) groups excluding carboxylic acids is 1. The van der Waals surface area contributed by atoms with Crippen molar-refractivity contribution in [1.29, 1.82) is 0 Å². The van der Waals surface area contributed by atoms with Gasteiger partial charge in [-0.3, -0.25) is 4.79 Å². The van der Waals surface area contributed by atoms with Crippen molar-refractivity contribution in [2.24, 2.45) is 0 Å². The van der Waals surface area contributed by atoms with E-state index in [9.17, 15) is 9.18 Å². The Bertz CT molecular complexity index is 1180. The van der Waals surface area contributed by atoms with Gasteiger partial charge in [-0.15, -0.1) is 10.2 Å². The molecule has 3 aromatic rings. The maximum atomic E-state index is 14.1. The van der Waals surface area contributed by atoms with Crippen molar-refractivity contribution in [3.8, 4) is 22.1 Å². The number of rotatable bonds is 5. The van der Waals surface area contributed by atoms with Crippen molar-refractivity contribution in [3.05, 3.63) is 58.9 Å². The van der Waals surface area contributed by atoms with Crippen LogP contribution in [0.15, 0.2) is 42.5 Å². The van der Waals surface area contributed by atoms with E-state index in [1.807, 2.05) is 36.9 Å². The number of para-hydroxylation sites is 1. The van der Waals surface area contributed by atoms with Crippen molar-refractivity contribution in [2.75, 3.05) is 19.7 Å². The number of aromatic nitrogens is 2. The fraction of sp³-hybridized carbons (Fsp3) is 0.400. The Morgan fingerprint density at radius 2 is 2.09 bits per heavy atom. The van der Waals surface area contributed by atoms with Crippen LogP contribution in [0.25, 0.3) is 10.6 Å². The monoisotopic (exact) mass is 467 g/mol. The minimum atomic E-state index is -0.308. The maximum absolute atomic E-state index is 14.1. The number of benzene rings is 2. The van der Waals surface area contributed by atoms with E-state index in [0.29, 0.717) is 29.4 Å². The van der Waals surface area contributed by atoms with Crippen LogP contribution in [0, 0.1) is 5.82 Å². The molecule has 2 aliphatic heterocycles. The lowest BCUT2D eigenvalue weighted by Crippen LogP contribution is -2.41. The van der Waals surface area contributed by atoms with Gasteiger partial charge in [-0.05, 0) is 44.9 Å². The van der Waals surface area contributed by atoms with Crippen LogP contribution >= 0.6 is 11.3 Å². The summed E-state index contributed by atoms with van der Waals surface area (Å²) in [4.78, 5) is 14.8. The normalized spacial score (nSPS) is 19.1. The molecule has 1 aromatic heterocycles. The van der Waals surface area contributed by atoms with Gasteiger partial charge in [0.2, 0.25) is 0 Å². The number of amides is 1. The molecule has 33 heavy (non-hydrogen) atoms. The lowest BCUT2D eigenvalue weighted by atomic mass is 9.99. The lowest BCUT2D eigenvalue weighted by molar-refractivity contribution is -0.134. The van der Waals surface area contributed by atoms with Crippen LogP contribution in [0.1, 0.15) is 43.2 Å². The fourth-order valence-electron chi connectivity index (χ4n) is 4.48. The Hall–Kier alpha value is -3.00. The van der Waals surface area contributed by atoms with Gasteiger partial charge >= 0.3 is 0 Å². The molecule has 8 heteroatoms. The molecule has 1 fully saturated rings. The first-order chi connectivity index (χ1) is 15.9. The first-order valence-corrected chi connectivity index (χ1v) is 12.0. The van der Waals surface area contributed by atoms with Crippen LogP contribution in [0.2, 0.25) is 0 Å². The Morgan fingerprint density at radius 3 is 2.94 bits per heavy atom. The molecule has 0 saturated carbocycles. The zero-order valence-corrected chi connectivity index (χ0v) is 19.5. The van der Waals surface area contributed by atoms with Gasteiger partial charge in [0.1, 0.15) is 16.4 Å². The Balaban J connectivity index is 1.23. The first kappa shape index (κ1) is 21.8. The van der Waals surface area contributed by atoms with E-state index in [1.54, 1.807) is 18.2 Å². The third-order valence-corrected chi connectivity index (χ3v) is 7.19. The molecule has 0 radical (unpaired) electrons. The highest BCUT2D eigenvalue weighted by Gasteiger charge is 2.33. The molecule has 172 valence electrons. The molecule has 2 aromatic carbocycles. The standard InChI is InChI=1S/C25H26FN3O3S/c1-25(2)13-16-7-5-11-20(22(16)32-25)31-15-21(30)29-12-6-8-17(14-29)23-27-28-24(33-23)18-9-3-4-10-19(18)26/h3-5,7,9-11,17H,6,8,12-15H2,1-2H3/t17-/m0/s1. The molecule has 2 aliphatic rings. The minimum absolute atomic E-state index is 0.0381. The highest BCUT2D eigenvalue weighted by Crippen LogP contribution is 2.41. The summed E-state index contributed by atoms with van der Waals surface area (Å²) in [5.41, 5.74) is 1.29. The molecule has 1 amide bonds. The van der Waals surface area contributed by atoms with Gasteiger partial charge in [-0.25, -0.2) is 4.39 Å². The van der Waals surface area contributed by atoms with Crippen LogP contribution < -0.4 is 9.47 Å². The van der Waals surface area contributed by atoms with Crippen LogP contribution in [-0.2, 0) is 11.2 Å². The van der Waals surface area contributed by atoms with E-state index in [0.717, 1.165) is 35.6 Å². The quantitative estimate of drug-likeness (QED) is 0.537. The molecule has 0 spiro atoms. The maximum Gasteiger partial charge on any atom is 0.260 e. The second-order valence-electron chi connectivity index (χ2n) is 9.18. The zero-order valence-electron chi connectivity index (χ0n) is 18.7. The lowest BCUT2D eigenvalue weighted by Gasteiger charge is -2.31. The minimum Gasteiger partial charge on any atom is -0.483 e. The van der Waals surface area contributed by atoms with Crippen molar-refractivity contribution in [3.63, 3.8) is 0 Å². The number of halogens is 1. The summed E-state index contributed by atoms with van der Waals surface area (Å²) >= 11 is 1.40. The molecule has 3 heterocycles. The predicted molar refractivity (Wildman–Crippen MR) is 124 cm³/mol. The molecule has 5 rings (SSSR count). The number of hydrogen-bond acceptors (Lipinski definition) is 6. The summed E-state index contributed by atoms with van der Waals surface area (Å²) in [7, 11) is 0. The molecular formula is C25H26FN3O3S. The molecule has 1 saturated heterocycles. The van der Waals surface area contributed by atoms with Crippen LogP contribution in [-0.4, -0.2) is 46.3 Å². The Morgan fingerprint density at radius 1 is 1.24 bits per heavy atom. The van der Waals surface area contributed by atoms with E-state index < -0.39 is 0 Å². The summed E-state index contributed by atoms with van der Waals surface area (Å²) in [5, 5.41) is 9.92. The number of nitrogens with zero attached hydrogens (tertiary/aromatic N) is 3. The number of carbonyl (C=O) groups is 1. The van der Waals surface area contributed by atoms with Gasteiger partial charge in [0.15, 0.2) is 23.1 Å². The van der Waals surface area contributed by atoms with E-state index in [4.69, 9.17) is 9.47 Å². The second-order valence-corrected chi connectivity index (χ2v) is 10.2. The Kier molecular flexibility index (Phi) is 5.78. The number of hydrogen-bond donors (Lipinski definition) is 0. The van der Waals surface area contributed by atoms with Crippen LogP contribution in [0.4, 0.5) is 4.39 Å². The van der Waals surface area contributed by atoms with E-state index in [1.165, 1.54) is 17.4 Å². The first-order valence-electron chi connectivity index (χ1n) is 11.2. The Labute approximate surface area is 196 Å². The van der Waals surface area contributed by atoms with Gasteiger partial charge < -0.3 is 14.4 Å². The average Bonchev–Trinajstić information content (AvgIpc) is 3.41. The second kappa shape index (κ2) is 8.74. The molecule has 0 bridgehead atoms. The largest absolute Gasteiger partial charge is 0.483 e. The highest BCUT2D eigenvalue weighted by atomic mass is 32.1. The van der Waals surface area contributed by atoms with Crippen molar-refractivity contribution in [1.82, 2.24) is 15.1 Å². The SMILES string of the molecule is CC1(C)Cc2cccc(OCC(=O)N3CCC[C@H](c4nnc(-c5ccccc5F)s4)C3)c2O1. The van der Waals surface area contributed by atoms with Crippen LogP contribution in [0.5, 0.6) is 11.5 Å². The smallest absolute Gasteiger partial charge is 0.260 e. The summed E-state index contributed by atoms with van der Waals surface area (Å²) in [6, 6.07) is 12.4. The van der Waals surface area contributed by atoms with Gasteiger partial charge in [-0.1, -0.05) is 35.6 Å². The van der Waals surface area contributed by atoms with E-state index >= 15 is 0 Å². The molecule has 6 nitrogen and oxygen atoms in total. The summed E-state index contributed by atoms with van der Waals surface area (Å²) in [5.74, 6) is 1.07. The molecule has 0 N–H and O–H groups in total. The van der Waals surface area contributed by atoms with Gasteiger partial charge in [0.25, 0.3) is 5.91 Å². The third-order valence-electron chi connectivity index (χ3n) is 6.07. The van der Waals surface area contributed by atoms with Gasteiger partial charge in [0.05, 0.1) is 0 Å². The summed E-state index contributed by atoms with van der Waals surface area (Å²) < 4.78 is 26.0. The fourth-order valence-corrected chi connectivity index (χ4v) is 5.48. The number of likely N-dealkylation sites (tertiary alicyclic amines) is 1. The molecule has 0 aliphatic carbocycles. The summed E-state index contributed by atoms with van der Waals surface area (Å²) in [6.07, 6.45) is 2.62. The van der Waals surface area contributed by atoms with E-state index in [2.05, 4.69) is 10.2 Å². The highest BCUT2D eigenvalue weighted by molar-refractivity contribution is 7.14. The molecule has 0 unspecified atom stereocenters. The van der Waals surface area contributed by atoms with Crippen molar-refractivity contribution >= 4 is 17.2 Å². The van der Waals surface area contributed by atoms with Crippen LogP contribution in [0.3, 0.4) is 0 Å². The topological polar surface area (TPSA) is 64.5 Å².